The van der Waals surface area contributed by atoms with Crippen molar-refractivity contribution in [3.63, 3.8) is 0 Å². The van der Waals surface area contributed by atoms with E-state index in [1.165, 1.54) is 13.2 Å². The van der Waals surface area contributed by atoms with Gasteiger partial charge in [-0.3, -0.25) is 19.2 Å². The molecule has 1 saturated heterocycles. The number of amides is 3. The van der Waals surface area contributed by atoms with E-state index in [2.05, 4.69) is 21.1 Å². The molecule has 0 saturated carbocycles. The summed E-state index contributed by atoms with van der Waals surface area (Å²) in [5.74, 6) is -1.57. The average Bonchev–Trinajstić information content (AvgIpc) is 3.35. The normalized spacial score (nSPS) is 19.9. The molecule has 3 amide bonds. The van der Waals surface area contributed by atoms with E-state index in [1.54, 1.807) is 27.7 Å². The summed E-state index contributed by atoms with van der Waals surface area (Å²) in [5, 5.41) is 11.7. The van der Waals surface area contributed by atoms with Crippen LogP contribution in [-0.4, -0.2) is 72.7 Å². The van der Waals surface area contributed by atoms with Crippen LogP contribution in [0, 0.1) is 18.8 Å². The van der Waals surface area contributed by atoms with Crippen molar-refractivity contribution in [2.75, 3.05) is 20.3 Å². The van der Waals surface area contributed by atoms with Crippen LogP contribution in [-0.2, 0) is 23.9 Å². The SMILES string of the molecule is COC[C@H](NC(=O)[C@@H](NC(=O)c1cc(C)on1)C(C)C)C(=O)N[C@@H](CC(C)C)C(=O)[C@]1(C)CO1. The molecule has 11 nitrogen and oxygen atoms in total. The maximum absolute atomic E-state index is 13.0. The van der Waals surface area contributed by atoms with Gasteiger partial charge < -0.3 is 29.9 Å². The summed E-state index contributed by atoms with van der Waals surface area (Å²) in [4.78, 5) is 51.4. The summed E-state index contributed by atoms with van der Waals surface area (Å²) in [5.41, 5.74) is -0.841. The molecule has 11 heteroatoms. The van der Waals surface area contributed by atoms with Crippen LogP contribution in [0.3, 0.4) is 0 Å². The lowest BCUT2D eigenvalue weighted by Gasteiger charge is -2.27. The fourth-order valence-electron chi connectivity index (χ4n) is 3.43. The van der Waals surface area contributed by atoms with Gasteiger partial charge in [-0.25, -0.2) is 0 Å². The number of hydrogen-bond acceptors (Lipinski definition) is 8. The Morgan fingerprint density at radius 1 is 1.09 bits per heavy atom. The molecule has 190 valence electrons. The van der Waals surface area contributed by atoms with Gasteiger partial charge in [-0.05, 0) is 32.1 Å². The summed E-state index contributed by atoms with van der Waals surface area (Å²) in [7, 11) is 1.40. The molecular weight excluding hydrogens is 444 g/mol. The number of epoxide rings is 1. The van der Waals surface area contributed by atoms with Gasteiger partial charge in [-0.1, -0.05) is 32.9 Å². The van der Waals surface area contributed by atoms with E-state index in [1.807, 2.05) is 13.8 Å². The maximum Gasteiger partial charge on any atom is 0.274 e. The monoisotopic (exact) mass is 480 g/mol. The number of rotatable bonds is 13. The molecule has 0 spiro atoms. The molecule has 3 N–H and O–H groups in total. The molecule has 0 aromatic carbocycles. The number of methoxy groups -OCH3 is 1. The van der Waals surface area contributed by atoms with Gasteiger partial charge in [-0.15, -0.1) is 0 Å². The highest BCUT2D eigenvalue weighted by molar-refractivity contribution is 5.99. The topological polar surface area (TPSA) is 152 Å². The summed E-state index contributed by atoms with van der Waals surface area (Å²) >= 11 is 0. The minimum atomic E-state index is -1.07. The molecule has 34 heavy (non-hydrogen) atoms. The Labute approximate surface area is 199 Å². The van der Waals surface area contributed by atoms with Crippen molar-refractivity contribution in [2.24, 2.45) is 11.8 Å². The zero-order valence-electron chi connectivity index (χ0n) is 20.9. The molecule has 0 bridgehead atoms. The highest BCUT2D eigenvalue weighted by atomic mass is 16.6. The lowest BCUT2D eigenvalue weighted by Crippen LogP contribution is -2.59. The predicted octanol–water partition coefficient (Wildman–Crippen LogP) is 0.758. The standard InChI is InChI=1S/C23H36N4O7/c1-12(2)8-15(19(28)23(6)11-33-23)24-21(30)17(10-32-7)25-22(31)18(13(3)4)26-20(29)16-9-14(5)34-27-16/h9,12-13,15,17-18H,8,10-11H2,1-7H3,(H,24,30)(H,25,31)(H,26,29)/t15-,17-,18-,23-/m0/s1. The first-order chi connectivity index (χ1) is 15.9. The first-order valence-corrected chi connectivity index (χ1v) is 11.4. The van der Waals surface area contributed by atoms with E-state index < -0.39 is 41.4 Å². The van der Waals surface area contributed by atoms with E-state index in [0.29, 0.717) is 18.8 Å². The van der Waals surface area contributed by atoms with E-state index in [0.717, 1.165) is 0 Å². The maximum atomic E-state index is 13.0. The van der Waals surface area contributed by atoms with Gasteiger partial charge in [0, 0.05) is 13.2 Å². The number of aryl methyl sites for hydroxylation is 1. The highest BCUT2D eigenvalue weighted by Crippen LogP contribution is 2.29. The molecule has 1 aliphatic rings. The van der Waals surface area contributed by atoms with Crippen molar-refractivity contribution in [3.8, 4) is 0 Å². The largest absolute Gasteiger partial charge is 0.382 e. The number of ether oxygens (including phenoxy) is 2. The second kappa shape index (κ2) is 11.6. The smallest absolute Gasteiger partial charge is 0.274 e. The van der Waals surface area contributed by atoms with Crippen molar-refractivity contribution in [3.05, 3.63) is 17.5 Å². The van der Waals surface area contributed by atoms with Crippen molar-refractivity contribution in [1.82, 2.24) is 21.1 Å². The van der Waals surface area contributed by atoms with Crippen LogP contribution in [0.5, 0.6) is 0 Å². The minimum absolute atomic E-state index is 0.0490. The predicted molar refractivity (Wildman–Crippen MR) is 122 cm³/mol. The molecule has 2 heterocycles. The van der Waals surface area contributed by atoms with Gasteiger partial charge in [0.1, 0.15) is 23.4 Å². The van der Waals surface area contributed by atoms with E-state index in [4.69, 9.17) is 14.0 Å². The summed E-state index contributed by atoms with van der Waals surface area (Å²) in [6.07, 6.45) is 0.430. The Balaban J connectivity index is 2.10. The van der Waals surface area contributed by atoms with Crippen LogP contribution in [0.2, 0.25) is 0 Å². The molecule has 1 aromatic rings. The molecular formula is C23H36N4O7. The quantitative estimate of drug-likeness (QED) is 0.350. The van der Waals surface area contributed by atoms with Gasteiger partial charge in [0.25, 0.3) is 5.91 Å². The third kappa shape index (κ3) is 7.36. The molecule has 1 aliphatic heterocycles. The second-order valence-corrected chi connectivity index (χ2v) is 9.61. The number of hydrogen-bond donors (Lipinski definition) is 3. The fourth-order valence-corrected chi connectivity index (χ4v) is 3.43. The molecule has 0 aliphatic carbocycles. The molecule has 1 fully saturated rings. The third-order valence-corrected chi connectivity index (χ3v) is 5.50. The zero-order chi connectivity index (χ0) is 25.6. The van der Waals surface area contributed by atoms with Crippen molar-refractivity contribution in [1.29, 1.82) is 0 Å². The van der Waals surface area contributed by atoms with Gasteiger partial charge in [0.05, 0.1) is 19.3 Å². The summed E-state index contributed by atoms with van der Waals surface area (Å²) in [6.45, 7) is 11.0. The van der Waals surface area contributed by atoms with E-state index >= 15 is 0 Å². The van der Waals surface area contributed by atoms with Crippen LogP contribution >= 0.6 is 0 Å². The van der Waals surface area contributed by atoms with Gasteiger partial charge in [-0.2, -0.15) is 0 Å². The summed E-state index contributed by atoms with van der Waals surface area (Å²) in [6, 6.07) is -1.31. The Hall–Kier alpha value is -2.79. The van der Waals surface area contributed by atoms with Crippen molar-refractivity contribution >= 4 is 23.5 Å². The van der Waals surface area contributed by atoms with Crippen LogP contribution in [0.25, 0.3) is 0 Å². The van der Waals surface area contributed by atoms with Crippen LogP contribution < -0.4 is 16.0 Å². The van der Waals surface area contributed by atoms with Gasteiger partial charge in [0.15, 0.2) is 11.5 Å². The van der Waals surface area contributed by atoms with E-state index in [9.17, 15) is 19.2 Å². The lowest BCUT2D eigenvalue weighted by molar-refractivity contribution is -0.134. The first kappa shape index (κ1) is 27.5. The Bertz CT molecular complexity index is 892. The molecule has 4 atom stereocenters. The number of Topliss-reactive ketones (excluding diaryl/α,β-unsaturated/α-hetero) is 1. The molecule has 2 rings (SSSR count). The zero-order valence-corrected chi connectivity index (χ0v) is 20.9. The third-order valence-electron chi connectivity index (χ3n) is 5.50. The van der Waals surface area contributed by atoms with Crippen molar-refractivity contribution < 1.29 is 33.2 Å². The van der Waals surface area contributed by atoms with Crippen molar-refractivity contribution in [2.45, 2.75) is 71.7 Å². The van der Waals surface area contributed by atoms with Crippen LogP contribution in [0.4, 0.5) is 0 Å². The molecule has 1 aromatic heterocycles. The number of nitrogens with zero attached hydrogens (tertiary/aromatic N) is 1. The number of nitrogens with one attached hydrogen (secondary N) is 3. The Kier molecular flexibility index (Phi) is 9.34. The molecule has 0 radical (unpaired) electrons. The van der Waals surface area contributed by atoms with Crippen LogP contribution in [0.15, 0.2) is 10.6 Å². The lowest BCUT2D eigenvalue weighted by atomic mass is 9.93. The number of carbonyl (C=O) groups excluding carboxylic acids is 4. The number of ketones is 1. The average molecular weight is 481 g/mol. The fraction of sp³-hybridized carbons (Fsp3) is 0.696. The van der Waals surface area contributed by atoms with Gasteiger partial charge >= 0.3 is 0 Å². The summed E-state index contributed by atoms with van der Waals surface area (Å²) < 4.78 is 15.3. The Morgan fingerprint density at radius 3 is 2.18 bits per heavy atom. The number of aromatic nitrogens is 1. The Morgan fingerprint density at radius 2 is 1.71 bits per heavy atom. The molecule has 0 unspecified atom stereocenters. The van der Waals surface area contributed by atoms with E-state index in [-0.39, 0.29) is 29.9 Å². The van der Waals surface area contributed by atoms with Gasteiger partial charge in [0.2, 0.25) is 11.8 Å². The minimum Gasteiger partial charge on any atom is -0.382 e. The second-order valence-electron chi connectivity index (χ2n) is 9.61. The number of carbonyl (C=O) groups is 4. The first-order valence-electron chi connectivity index (χ1n) is 11.4. The highest BCUT2D eigenvalue weighted by Gasteiger charge is 2.50. The van der Waals surface area contributed by atoms with Crippen LogP contribution in [0.1, 0.15) is 57.3 Å².